The van der Waals surface area contributed by atoms with Crippen LogP contribution >= 0.6 is 7.82 Å². The Morgan fingerprint density at radius 3 is 1.19 bits per heavy atom. The summed E-state index contributed by atoms with van der Waals surface area (Å²) in [6, 6.07) is -0.881. The average molecular weight is 1090 g/mol. The van der Waals surface area contributed by atoms with Crippen molar-refractivity contribution in [2.75, 3.05) is 40.9 Å². The van der Waals surface area contributed by atoms with Crippen LogP contribution in [0, 0.1) is 0 Å². The van der Waals surface area contributed by atoms with Gasteiger partial charge < -0.3 is 19.8 Å². The third-order valence-electron chi connectivity index (χ3n) is 13.4. The number of phosphoric ester groups is 1. The second-order valence-electron chi connectivity index (χ2n) is 22.0. The standard InChI is InChI=1S/C68H119N2O6P/c1-6-8-10-12-14-16-18-20-22-24-26-28-30-31-32-33-34-35-36-37-38-39-40-42-44-46-48-50-52-54-56-58-60-62-68(72)69-66(65-76-77(73,74)75-64-63-70(3,4)5)67(71)61-59-57-55-53-51-49-47-45-43-41-29-27-25-23-21-19-17-15-13-11-9-7-2/h8,10,14,16,20,22,26,28,31-32,34-35,37-38,43,45,51,53,59,61,66-67,71H,6-7,9,11-13,15,17-19,21,23-25,27,29-30,33,36,39-42,44,46-50,52,54-58,60,62-65H2,1-5H3,(H-,69,72,73,74)/p+1/b10-8-,16-14-,22-20-,28-26-,32-31-,35-34-,38-37-,45-43+,53-51+,61-59+. The molecule has 0 aromatic carbocycles. The molecule has 0 saturated carbocycles. The highest BCUT2D eigenvalue weighted by atomic mass is 31.2. The minimum absolute atomic E-state index is 0.0474. The Bertz CT molecular complexity index is 1670. The number of likely N-dealkylation sites (N-methyl/N-ethyl adjacent to an activating group) is 1. The number of amides is 1. The maximum atomic E-state index is 13.0. The number of hydrogen-bond acceptors (Lipinski definition) is 5. The zero-order valence-electron chi connectivity index (χ0n) is 50.4. The monoisotopic (exact) mass is 1090 g/mol. The molecule has 3 atom stereocenters. The summed E-state index contributed by atoms with van der Waals surface area (Å²) in [6.07, 6.45) is 86.0. The predicted molar refractivity (Wildman–Crippen MR) is 336 cm³/mol. The van der Waals surface area contributed by atoms with E-state index in [9.17, 15) is 19.4 Å². The van der Waals surface area contributed by atoms with E-state index in [2.05, 4.69) is 129 Å². The molecule has 0 aliphatic carbocycles. The van der Waals surface area contributed by atoms with Gasteiger partial charge in [0, 0.05) is 6.42 Å². The van der Waals surface area contributed by atoms with Gasteiger partial charge in [0.25, 0.3) is 0 Å². The van der Waals surface area contributed by atoms with Gasteiger partial charge in [-0.25, -0.2) is 4.57 Å². The number of carbonyl (C=O) groups is 1. The van der Waals surface area contributed by atoms with E-state index >= 15 is 0 Å². The fraction of sp³-hybridized carbons (Fsp3) is 0.691. The first kappa shape index (κ1) is 73.9. The molecule has 0 spiro atoms. The Hall–Kier alpha value is -3.10. The van der Waals surface area contributed by atoms with Crippen molar-refractivity contribution >= 4 is 13.7 Å². The van der Waals surface area contributed by atoms with Crippen molar-refractivity contribution in [3.63, 3.8) is 0 Å². The van der Waals surface area contributed by atoms with Gasteiger partial charge in [-0.3, -0.25) is 13.8 Å². The molecule has 442 valence electrons. The third kappa shape index (κ3) is 60.4. The zero-order chi connectivity index (χ0) is 56.3. The van der Waals surface area contributed by atoms with Gasteiger partial charge in [-0.2, -0.15) is 0 Å². The molecule has 0 aromatic heterocycles. The third-order valence-corrected chi connectivity index (χ3v) is 14.4. The minimum atomic E-state index is -4.37. The van der Waals surface area contributed by atoms with Gasteiger partial charge in [-0.15, -0.1) is 0 Å². The lowest BCUT2D eigenvalue weighted by Gasteiger charge is -2.25. The van der Waals surface area contributed by atoms with Crippen molar-refractivity contribution in [1.82, 2.24) is 5.32 Å². The number of aliphatic hydroxyl groups is 1. The van der Waals surface area contributed by atoms with Crippen molar-refractivity contribution in [2.24, 2.45) is 0 Å². The van der Waals surface area contributed by atoms with Crippen LogP contribution in [0.4, 0.5) is 0 Å². The van der Waals surface area contributed by atoms with E-state index in [1.54, 1.807) is 6.08 Å². The normalized spacial score (nSPS) is 14.6. The summed E-state index contributed by atoms with van der Waals surface area (Å²) < 4.78 is 23.7. The lowest BCUT2D eigenvalue weighted by Crippen LogP contribution is -2.45. The lowest BCUT2D eigenvalue weighted by molar-refractivity contribution is -0.870. The van der Waals surface area contributed by atoms with E-state index in [0.717, 1.165) is 89.9 Å². The van der Waals surface area contributed by atoms with Gasteiger partial charge in [0.05, 0.1) is 39.9 Å². The van der Waals surface area contributed by atoms with Gasteiger partial charge in [0.2, 0.25) is 5.91 Å². The second kappa shape index (κ2) is 57.6. The van der Waals surface area contributed by atoms with Crippen LogP contribution < -0.4 is 5.32 Å². The van der Waals surface area contributed by atoms with Crippen molar-refractivity contribution in [1.29, 1.82) is 0 Å². The number of aliphatic hydroxyl groups excluding tert-OH is 1. The summed E-state index contributed by atoms with van der Waals surface area (Å²) in [4.78, 5) is 23.4. The molecule has 0 fully saturated rings. The van der Waals surface area contributed by atoms with Gasteiger partial charge in [0.15, 0.2) is 0 Å². The summed E-state index contributed by atoms with van der Waals surface area (Å²) in [5.41, 5.74) is 0. The highest BCUT2D eigenvalue weighted by Gasteiger charge is 2.27. The quantitative estimate of drug-likeness (QED) is 0.0243. The minimum Gasteiger partial charge on any atom is -0.387 e. The topological polar surface area (TPSA) is 105 Å². The van der Waals surface area contributed by atoms with Crippen molar-refractivity contribution in [3.8, 4) is 0 Å². The first-order valence-electron chi connectivity index (χ1n) is 31.4. The van der Waals surface area contributed by atoms with E-state index in [1.807, 2.05) is 27.2 Å². The van der Waals surface area contributed by atoms with Crippen LogP contribution in [-0.2, 0) is 18.4 Å². The molecule has 0 bridgehead atoms. The van der Waals surface area contributed by atoms with Gasteiger partial charge in [0.1, 0.15) is 13.2 Å². The first-order chi connectivity index (χ1) is 37.5. The Balaban J connectivity index is 4.23. The molecule has 8 nitrogen and oxygen atoms in total. The number of hydrogen-bond donors (Lipinski definition) is 3. The smallest absolute Gasteiger partial charge is 0.387 e. The van der Waals surface area contributed by atoms with Crippen LogP contribution in [0.2, 0.25) is 0 Å². The molecule has 0 aromatic rings. The molecule has 0 aliphatic rings. The molecule has 0 rings (SSSR count). The molecular formula is C68H120N2O6P+. The van der Waals surface area contributed by atoms with E-state index in [-0.39, 0.29) is 19.1 Å². The number of allylic oxidation sites excluding steroid dienone is 19. The number of rotatable bonds is 56. The number of nitrogens with one attached hydrogen (secondary N) is 1. The zero-order valence-corrected chi connectivity index (χ0v) is 51.3. The van der Waals surface area contributed by atoms with Crippen molar-refractivity contribution in [3.05, 3.63) is 122 Å². The van der Waals surface area contributed by atoms with Crippen LogP contribution in [0.25, 0.3) is 0 Å². The van der Waals surface area contributed by atoms with E-state index in [1.165, 1.54) is 141 Å². The Kier molecular flexibility index (Phi) is 55.3. The van der Waals surface area contributed by atoms with Crippen molar-refractivity contribution in [2.45, 2.75) is 264 Å². The fourth-order valence-corrected chi connectivity index (χ4v) is 9.26. The molecule has 0 heterocycles. The molecule has 1 amide bonds. The summed E-state index contributed by atoms with van der Waals surface area (Å²) in [5, 5.41) is 13.9. The Morgan fingerprint density at radius 1 is 0.455 bits per heavy atom. The van der Waals surface area contributed by atoms with Gasteiger partial charge in [-0.05, 0) is 103 Å². The number of quaternary nitrogens is 1. The number of nitrogens with zero attached hydrogens (tertiary/aromatic N) is 1. The molecule has 0 aliphatic heterocycles. The molecule has 3 N–H and O–H groups in total. The second-order valence-corrected chi connectivity index (χ2v) is 23.5. The van der Waals surface area contributed by atoms with Crippen LogP contribution in [0.3, 0.4) is 0 Å². The highest BCUT2D eigenvalue weighted by Crippen LogP contribution is 2.43. The molecule has 0 saturated heterocycles. The van der Waals surface area contributed by atoms with E-state index < -0.39 is 20.0 Å². The van der Waals surface area contributed by atoms with E-state index in [4.69, 9.17) is 9.05 Å². The average Bonchev–Trinajstić information content (AvgIpc) is 3.39. The molecule has 9 heteroatoms. The maximum absolute atomic E-state index is 13.0. The van der Waals surface area contributed by atoms with Crippen LogP contribution in [-0.4, -0.2) is 73.4 Å². The highest BCUT2D eigenvalue weighted by molar-refractivity contribution is 7.47. The Morgan fingerprint density at radius 2 is 0.792 bits per heavy atom. The van der Waals surface area contributed by atoms with Gasteiger partial charge in [-0.1, -0.05) is 264 Å². The number of carbonyl (C=O) groups excluding carboxylic acids is 1. The van der Waals surface area contributed by atoms with E-state index in [0.29, 0.717) is 17.4 Å². The first-order valence-corrected chi connectivity index (χ1v) is 32.9. The predicted octanol–water partition coefficient (Wildman–Crippen LogP) is 19.7. The van der Waals surface area contributed by atoms with Gasteiger partial charge >= 0.3 is 7.82 Å². The van der Waals surface area contributed by atoms with Crippen molar-refractivity contribution < 1.29 is 32.9 Å². The van der Waals surface area contributed by atoms with Crippen LogP contribution in [0.15, 0.2) is 122 Å². The summed E-state index contributed by atoms with van der Waals surface area (Å²) in [6.45, 7) is 4.67. The molecule has 0 radical (unpaired) electrons. The fourth-order valence-electron chi connectivity index (χ4n) is 8.53. The summed E-state index contributed by atoms with van der Waals surface area (Å²) in [5.74, 6) is -0.198. The largest absolute Gasteiger partial charge is 0.472 e. The summed E-state index contributed by atoms with van der Waals surface area (Å²) >= 11 is 0. The maximum Gasteiger partial charge on any atom is 0.472 e. The summed E-state index contributed by atoms with van der Waals surface area (Å²) in [7, 11) is 1.53. The van der Waals surface area contributed by atoms with Crippen LogP contribution in [0.1, 0.15) is 251 Å². The molecular weight excluding hydrogens is 972 g/mol. The lowest BCUT2D eigenvalue weighted by atomic mass is 10.0. The molecule has 3 unspecified atom stereocenters. The van der Waals surface area contributed by atoms with Crippen LogP contribution in [0.5, 0.6) is 0 Å². The number of phosphoric acid groups is 1. The SMILES string of the molecule is CC/C=C\C/C=C\C/C=C\C/C=C\C/C=C\C/C=C\C/C=C\CCCCCCCCCCCCCC(=O)NC(COP(=O)(O)OCC[N+](C)(C)C)C(O)/C=C/CC/C=C/CC/C=C/CCCCCCCCCCCCCC. The molecule has 77 heavy (non-hydrogen) atoms. The Labute approximate surface area is 475 Å². The number of unbranched alkanes of at least 4 members (excludes halogenated alkanes) is 25.